The summed E-state index contributed by atoms with van der Waals surface area (Å²) < 4.78 is 5.35. The number of rotatable bonds is 5. The van der Waals surface area contributed by atoms with Gasteiger partial charge in [0, 0.05) is 31.1 Å². The highest BCUT2D eigenvalue weighted by molar-refractivity contribution is 7.99. The molecule has 3 aromatic heterocycles. The van der Waals surface area contributed by atoms with E-state index in [1.165, 1.54) is 34.3 Å². The first kappa shape index (κ1) is 20.9. The molecule has 3 heterocycles. The van der Waals surface area contributed by atoms with E-state index in [-0.39, 0.29) is 11.2 Å². The van der Waals surface area contributed by atoms with E-state index >= 15 is 0 Å². The Bertz CT molecular complexity index is 1430. The highest BCUT2D eigenvalue weighted by atomic mass is 35.5. The predicted molar refractivity (Wildman–Crippen MR) is 115 cm³/mol. The van der Waals surface area contributed by atoms with Gasteiger partial charge in [-0.25, -0.2) is 14.3 Å². The van der Waals surface area contributed by atoms with Gasteiger partial charge in [0.1, 0.15) is 12.9 Å². The lowest BCUT2D eigenvalue weighted by Gasteiger charge is -2.12. The van der Waals surface area contributed by atoms with E-state index in [0.29, 0.717) is 20.8 Å². The van der Waals surface area contributed by atoms with Crippen LogP contribution < -0.4 is 16.6 Å². The molecule has 0 saturated heterocycles. The van der Waals surface area contributed by atoms with Crippen molar-refractivity contribution in [3.8, 4) is 0 Å². The number of anilines is 1. The van der Waals surface area contributed by atoms with Crippen molar-refractivity contribution in [3.05, 3.63) is 56.7 Å². The maximum absolute atomic E-state index is 12.8. The lowest BCUT2D eigenvalue weighted by Crippen LogP contribution is -2.42. The molecule has 4 rings (SSSR count). The molecule has 1 N–H and O–H groups in total. The molecule has 160 valence electrons. The van der Waals surface area contributed by atoms with Gasteiger partial charge in [0.25, 0.3) is 5.56 Å². The standard InChI is InChI=1S/C18H17ClN8O3S/c1-24-8-20-15-14(24)16(29)27(18(30)26(15)3)7-13(28)22-11-6-10(19)4-5-12(11)31-17-23-21-9-25(17)2/h4-6,8-9H,7H2,1-3H3,(H,22,28). The van der Waals surface area contributed by atoms with Crippen LogP contribution in [0, 0.1) is 0 Å². The van der Waals surface area contributed by atoms with Gasteiger partial charge in [-0.15, -0.1) is 10.2 Å². The number of aryl methyl sites for hydroxylation is 3. The molecule has 0 radical (unpaired) electrons. The topological polar surface area (TPSA) is 122 Å². The largest absolute Gasteiger partial charge is 0.332 e. The summed E-state index contributed by atoms with van der Waals surface area (Å²) in [6, 6.07) is 5.01. The monoisotopic (exact) mass is 460 g/mol. The number of carbonyl (C=O) groups excluding carboxylic acids is 1. The molecule has 1 aromatic carbocycles. The fourth-order valence-corrected chi connectivity index (χ4v) is 4.03. The summed E-state index contributed by atoms with van der Waals surface area (Å²) in [6.07, 6.45) is 3.01. The van der Waals surface area contributed by atoms with Crippen LogP contribution in [0.5, 0.6) is 0 Å². The maximum atomic E-state index is 12.8. The molecule has 31 heavy (non-hydrogen) atoms. The summed E-state index contributed by atoms with van der Waals surface area (Å²) in [5, 5.41) is 11.6. The van der Waals surface area contributed by atoms with Crippen molar-refractivity contribution in [3.63, 3.8) is 0 Å². The fraction of sp³-hybridized carbons (Fsp3) is 0.222. The van der Waals surface area contributed by atoms with Gasteiger partial charge in [0.05, 0.1) is 12.0 Å². The van der Waals surface area contributed by atoms with Gasteiger partial charge in [-0.2, -0.15) is 0 Å². The van der Waals surface area contributed by atoms with E-state index in [4.69, 9.17) is 11.6 Å². The third-order valence-electron chi connectivity index (χ3n) is 4.59. The second-order valence-corrected chi connectivity index (χ2v) is 8.22. The number of fused-ring (bicyclic) bond motifs is 1. The first-order valence-corrected chi connectivity index (χ1v) is 10.2. The second-order valence-electron chi connectivity index (χ2n) is 6.78. The Morgan fingerprint density at radius 2 is 1.94 bits per heavy atom. The lowest BCUT2D eigenvalue weighted by molar-refractivity contribution is -0.116. The zero-order chi connectivity index (χ0) is 22.3. The molecule has 0 saturated carbocycles. The Morgan fingerprint density at radius 3 is 2.65 bits per heavy atom. The molecule has 13 heteroatoms. The third kappa shape index (κ3) is 3.86. The van der Waals surface area contributed by atoms with E-state index in [1.54, 1.807) is 43.2 Å². The van der Waals surface area contributed by atoms with Crippen molar-refractivity contribution in [2.45, 2.75) is 16.6 Å². The van der Waals surface area contributed by atoms with E-state index in [1.807, 2.05) is 0 Å². The molecule has 0 aliphatic rings. The quantitative estimate of drug-likeness (QED) is 0.471. The first-order chi connectivity index (χ1) is 14.8. The van der Waals surface area contributed by atoms with E-state index in [9.17, 15) is 14.4 Å². The van der Waals surface area contributed by atoms with Crippen molar-refractivity contribution in [1.29, 1.82) is 0 Å². The third-order valence-corrected chi connectivity index (χ3v) is 5.95. The van der Waals surface area contributed by atoms with Crippen LogP contribution in [0.15, 0.2) is 50.5 Å². The molecule has 0 unspecified atom stereocenters. The van der Waals surface area contributed by atoms with Gasteiger partial charge >= 0.3 is 5.69 Å². The molecule has 0 aliphatic carbocycles. The summed E-state index contributed by atoms with van der Waals surface area (Å²) in [4.78, 5) is 42.9. The van der Waals surface area contributed by atoms with Crippen LogP contribution in [0.4, 0.5) is 5.69 Å². The van der Waals surface area contributed by atoms with E-state index in [2.05, 4.69) is 20.5 Å². The molecule has 0 atom stereocenters. The van der Waals surface area contributed by atoms with Crippen LogP contribution in [0.2, 0.25) is 5.02 Å². The minimum absolute atomic E-state index is 0.233. The first-order valence-electron chi connectivity index (χ1n) is 8.98. The minimum Gasteiger partial charge on any atom is -0.328 e. The van der Waals surface area contributed by atoms with E-state index in [0.717, 1.165) is 4.57 Å². The molecule has 11 nitrogen and oxygen atoms in total. The molecule has 0 spiro atoms. The molecule has 1 amide bonds. The Morgan fingerprint density at radius 1 is 1.16 bits per heavy atom. The summed E-state index contributed by atoms with van der Waals surface area (Å²) in [7, 11) is 4.94. The lowest BCUT2D eigenvalue weighted by atomic mass is 10.3. The SMILES string of the molecule is Cn1cnnc1Sc1ccc(Cl)cc1NC(=O)Cn1c(=O)c2c(ncn2C)n(C)c1=O. The molecular weight excluding hydrogens is 444 g/mol. The van der Waals surface area contributed by atoms with Crippen LogP contribution >= 0.6 is 23.4 Å². The number of carbonyl (C=O) groups is 1. The molecule has 0 bridgehead atoms. The van der Waals surface area contributed by atoms with Crippen LogP contribution in [0.3, 0.4) is 0 Å². The molecule has 0 fully saturated rings. The number of amides is 1. The number of hydrogen-bond acceptors (Lipinski definition) is 7. The van der Waals surface area contributed by atoms with Gasteiger partial charge in [-0.05, 0) is 30.0 Å². The van der Waals surface area contributed by atoms with Gasteiger partial charge in [-0.3, -0.25) is 14.2 Å². The van der Waals surface area contributed by atoms with Crippen LogP contribution in [0.1, 0.15) is 0 Å². The van der Waals surface area contributed by atoms with Crippen molar-refractivity contribution in [2.24, 2.45) is 21.1 Å². The normalized spacial score (nSPS) is 11.2. The highest BCUT2D eigenvalue weighted by Gasteiger charge is 2.18. The smallest absolute Gasteiger partial charge is 0.328 e. The zero-order valence-corrected chi connectivity index (χ0v) is 18.3. The van der Waals surface area contributed by atoms with Gasteiger partial charge in [0.2, 0.25) is 5.91 Å². The average molecular weight is 461 g/mol. The molecule has 0 aliphatic heterocycles. The molecular formula is C18H17ClN8O3S. The van der Waals surface area contributed by atoms with Crippen molar-refractivity contribution < 1.29 is 4.79 Å². The number of benzene rings is 1. The number of nitrogens with zero attached hydrogens (tertiary/aromatic N) is 7. The van der Waals surface area contributed by atoms with E-state index < -0.39 is 23.7 Å². The molecule has 4 aromatic rings. The fourth-order valence-electron chi connectivity index (χ4n) is 3.02. The Hall–Kier alpha value is -3.38. The van der Waals surface area contributed by atoms with Crippen molar-refractivity contribution in [1.82, 2.24) is 33.4 Å². The van der Waals surface area contributed by atoms with Crippen LogP contribution in [-0.4, -0.2) is 39.4 Å². The number of halogens is 1. The maximum Gasteiger partial charge on any atom is 0.332 e. The number of imidazole rings is 1. The van der Waals surface area contributed by atoms with Crippen LogP contribution in [-0.2, 0) is 32.5 Å². The van der Waals surface area contributed by atoms with Crippen molar-refractivity contribution >= 4 is 46.1 Å². The van der Waals surface area contributed by atoms with Crippen LogP contribution in [0.25, 0.3) is 11.2 Å². The summed E-state index contributed by atoms with van der Waals surface area (Å²) in [6.45, 7) is -0.465. The number of hydrogen-bond donors (Lipinski definition) is 1. The Balaban J connectivity index is 1.65. The Labute approximate surface area is 184 Å². The zero-order valence-electron chi connectivity index (χ0n) is 16.7. The average Bonchev–Trinajstić information content (AvgIpc) is 3.31. The summed E-state index contributed by atoms with van der Waals surface area (Å²) >= 11 is 7.39. The number of aromatic nitrogens is 7. The number of nitrogens with one attached hydrogen (secondary N) is 1. The van der Waals surface area contributed by atoms with Gasteiger partial charge in [0.15, 0.2) is 16.3 Å². The predicted octanol–water partition coefficient (Wildman–Crippen LogP) is 1.01. The second kappa shape index (κ2) is 8.04. The van der Waals surface area contributed by atoms with Gasteiger partial charge in [-0.1, -0.05) is 11.6 Å². The highest BCUT2D eigenvalue weighted by Crippen LogP contribution is 2.33. The summed E-state index contributed by atoms with van der Waals surface area (Å²) in [5.41, 5.74) is -0.307. The summed E-state index contributed by atoms with van der Waals surface area (Å²) in [5.74, 6) is -0.553. The van der Waals surface area contributed by atoms with Gasteiger partial charge < -0.3 is 14.5 Å². The Kier molecular flexibility index (Phi) is 5.41. The minimum atomic E-state index is -0.633. The van der Waals surface area contributed by atoms with Crippen molar-refractivity contribution in [2.75, 3.05) is 5.32 Å².